The molecule has 0 bridgehead atoms. The molecule has 0 aromatic heterocycles. The molecule has 0 aliphatic carbocycles. The van der Waals surface area contributed by atoms with Crippen molar-refractivity contribution < 1.29 is 27.4 Å². The first kappa shape index (κ1) is 22.1. The van der Waals surface area contributed by atoms with E-state index in [4.69, 9.17) is 14.2 Å². The molecule has 0 saturated carbocycles. The average Bonchev–Trinajstić information content (AvgIpc) is 2.76. The van der Waals surface area contributed by atoms with Gasteiger partial charge in [-0.1, -0.05) is 12.1 Å². The van der Waals surface area contributed by atoms with Gasteiger partial charge in [0.15, 0.2) is 0 Å². The number of carbonyl (C=O) groups excluding carboxylic acids is 1. The van der Waals surface area contributed by atoms with Gasteiger partial charge in [-0.15, -0.1) is 0 Å². The minimum absolute atomic E-state index is 0.00420. The molecule has 0 unspecified atom stereocenters. The number of nitrogens with one attached hydrogen (secondary N) is 1. The number of morpholine rings is 1. The van der Waals surface area contributed by atoms with Crippen molar-refractivity contribution in [1.82, 2.24) is 9.62 Å². The van der Waals surface area contributed by atoms with Crippen molar-refractivity contribution in [2.45, 2.75) is 11.8 Å². The highest BCUT2D eigenvalue weighted by molar-refractivity contribution is 7.89. The highest BCUT2D eigenvalue weighted by atomic mass is 32.2. The number of benzene rings is 2. The molecule has 30 heavy (non-hydrogen) atoms. The smallest absolute Gasteiger partial charge is 0.257 e. The van der Waals surface area contributed by atoms with Crippen molar-refractivity contribution in [1.29, 1.82) is 0 Å². The highest BCUT2D eigenvalue weighted by Crippen LogP contribution is 2.24. The van der Waals surface area contributed by atoms with Crippen LogP contribution in [0.15, 0.2) is 47.4 Å². The van der Waals surface area contributed by atoms with Crippen LogP contribution in [-0.4, -0.2) is 65.8 Å². The Morgan fingerprint density at radius 1 is 1.17 bits per heavy atom. The van der Waals surface area contributed by atoms with Crippen LogP contribution in [0.5, 0.6) is 11.5 Å². The SMILES string of the molecule is COc1ccc(S(=O)(=O)NCCOc2cccc(C)c2)cc1C(=O)N1CCOCC1. The van der Waals surface area contributed by atoms with Crippen LogP contribution >= 0.6 is 0 Å². The quantitative estimate of drug-likeness (QED) is 0.637. The Morgan fingerprint density at radius 2 is 1.93 bits per heavy atom. The highest BCUT2D eigenvalue weighted by Gasteiger charge is 2.24. The number of hydrogen-bond donors (Lipinski definition) is 1. The summed E-state index contributed by atoms with van der Waals surface area (Å²) in [5, 5.41) is 0. The zero-order valence-corrected chi connectivity index (χ0v) is 17.9. The maximum atomic E-state index is 12.9. The maximum Gasteiger partial charge on any atom is 0.257 e. The third-order valence-electron chi connectivity index (χ3n) is 4.66. The van der Waals surface area contributed by atoms with E-state index in [1.54, 1.807) is 4.90 Å². The van der Waals surface area contributed by atoms with Gasteiger partial charge in [0.1, 0.15) is 18.1 Å². The predicted molar refractivity (Wildman–Crippen MR) is 112 cm³/mol. The van der Waals surface area contributed by atoms with Crippen LogP contribution in [-0.2, 0) is 14.8 Å². The molecule has 3 rings (SSSR count). The van der Waals surface area contributed by atoms with E-state index in [1.807, 2.05) is 31.2 Å². The minimum Gasteiger partial charge on any atom is -0.496 e. The normalized spacial score (nSPS) is 14.4. The number of rotatable bonds is 8. The fraction of sp³-hybridized carbons (Fsp3) is 0.381. The van der Waals surface area contributed by atoms with E-state index in [1.165, 1.54) is 25.3 Å². The molecule has 1 fully saturated rings. The van der Waals surface area contributed by atoms with E-state index in [0.29, 0.717) is 37.8 Å². The Bertz CT molecular complexity index is 987. The van der Waals surface area contributed by atoms with Gasteiger partial charge in [0.05, 0.1) is 30.8 Å². The molecule has 0 radical (unpaired) electrons. The van der Waals surface area contributed by atoms with Gasteiger partial charge in [-0.05, 0) is 42.8 Å². The third kappa shape index (κ3) is 5.50. The second kappa shape index (κ2) is 9.92. The molecule has 0 spiro atoms. The molecule has 162 valence electrons. The first-order valence-corrected chi connectivity index (χ1v) is 11.1. The summed E-state index contributed by atoms with van der Waals surface area (Å²) in [5.74, 6) is 0.722. The van der Waals surface area contributed by atoms with Crippen molar-refractivity contribution in [2.24, 2.45) is 0 Å². The third-order valence-corrected chi connectivity index (χ3v) is 6.12. The molecule has 1 aliphatic rings. The molecule has 2 aromatic rings. The lowest BCUT2D eigenvalue weighted by atomic mass is 10.1. The second-order valence-electron chi connectivity index (χ2n) is 6.83. The Hall–Kier alpha value is -2.62. The van der Waals surface area contributed by atoms with E-state index >= 15 is 0 Å². The number of hydrogen-bond acceptors (Lipinski definition) is 6. The fourth-order valence-electron chi connectivity index (χ4n) is 3.09. The molecule has 1 heterocycles. The van der Waals surface area contributed by atoms with Crippen LogP contribution in [0.1, 0.15) is 15.9 Å². The van der Waals surface area contributed by atoms with E-state index in [2.05, 4.69) is 4.72 Å². The number of sulfonamides is 1. The Kier molecular flexibility index (Phi) is 7.30. The van der Waals surface area contributed by atoms with Crippen LogP contribution < -0.4 is 14.2 Å². The summed E-state index contributed by atoms with van der Waals surface area (Å²) in [5.41, 5.74) is 1.27. The van der Waals surface area contributed by atoms with Crippen LogP contribution in [0.2, 0.25) is 0 Å². The standard InChI is InChI=1S/C21H26N2O6S/c1-16-4-3-5-17(14-16)29-11-8-22-30(25,26)18-6-7-20(27-2)19(15-18)21(24)23-9-12-28-13-10-23/h3-7,14-15,22H,8-13H2,1-2H3. The van der Waals surface area contributed by atoms with Crippen molar-refractivity contribution in [2.75, 3.05) is 46.6 Å². The maximum absolute atomic E-state index is 12.9. The number of carbonyl (C=O) groups is 1. The molecule has 8 nitrogen and oxygen atoms in total. The van der Waals surface area contributed by atoms with Crippen LogP contribution in [0.3, 0.4) is 0 Å². The first-order valence-electron chi connectivity index (χ1n) is 9.65. The topological polar surface area (TPSA) is 94.2 Å². The lowest BCUT2D eigenvalue weighted by Gasteiger charge is -2.27. The number of aryl methyl sites for hydroxylation is 1. The van der Waals surface area contributed by atoms with Gasteiger partial charge in [0.25, 0.3) is 5.91 Å². The zero-order chi connectivity index (χ0) is 21.6. The summed E-state index contributed by atoms with van der Waals surface area (Å²) < 4.78 is 44.0. The molecular weight excluding hydrogens is 408 g/mol. The van der Waals surface area contributed by atoms with E-state index in [9.17, 15) is 13.2 Å². The van der Waals surface area contributed by atoms with E-state index in [-0.39, 0.29) is 29.5 Å². The molecule has 1 aliphatic heterocycles. The van der Waals surface area contributed by atoms with E-state index < -0.39 is 10.0 Å². The van der Waals surface area contributed by atoms with Crippen LogP contribution in [0, 0.1) is 6.92 Å². The fourth-order valence-corrected chi connectivity index (χ4v) is 4.13. The summed E-state index contributed by atoms with van der Waals surface area (Å²) in [6.07, 6.45) is 0. The van der Waals surface area contributed by atoms with Gasteiger partial charge >= 0.3 is 0 Å². The molecule has 1 N–H and O–H groups in total. The van der Waals surface area contributed by atoms with Gasteiger partial charge in [0, 0.05) is 19.6 Å². The van der Waals surface area contributed by atoms with Crippen molar-refractivity contribution >= 4 is 15.9 Å². The van der Waals surface area contributed by atoms with Crippen molar-refractivity contribution in [3.8, 4) is 11.5 Å². The Morgan fingerprint density at radius 3 is 2.63 bits per heavy atom. The largest absolute Gasteiger partial charge is 0.496 e. The number of amides is 1. The summed E-state index contributed by atoms with van der Waals surface area (Å²) in [6, 6.07) is 11.8. The average molecular weight is 435 g/mol. The van der Waals surface area contributed by atoms with Crippen molar-refractivity contribution in [3.63, 3.8) is 0 Å². The van der Waals surface area contributed by atoms with Crippen LogP contribution in [0.4, 0.5) is 0 Å². The zero-order valence-electron chi connectivity index (χ0n) is 17.1. The lowest BCUT2D eigenvalue weighted by molar-refractivity contribution is 0.0300. The molecular formula is C21H26N2O6S. The molecule has 0 atom stereocenters. The summed E-state index contributed by atoms with van der Waals surface area (Å²) in [7, 11) is -2.37. The summed E-state index contributed by atoms with van der Waals surface area (Å²) >= 11 is 0. The number of nitrogens with zero attached hydrogens (tertiary/aromatic N) is 1. The van der Waals surface area contributed by atoms with Gasteiger partial charge < -0.3 is 19.1 Å². The van der Waals surface area contributed by atoms with Gasteiger partial charge in [-0.25, -0.2) is 13.1 Å². The van der Waals surface area contributed by atoms with Crippen LogP contribution in [0.25, 0.3) is 0 Å². The molecule has 1 saturated heterocycles. The van der Waals surface area contributed by atoms with Gasteiger partial charge in [0.2, 0.25) is 10.0 Å². The summed E-state index contributed by atoms with van der Waals surface area (Å²) in [4.78, 5) is 14.5. The predicted octanol–water partition coefficient (Wildman–Crippen LogP) is 1.83. The van der Waals surface area contributed by atoms with E-state index in [0.717, 1.165) is 5.56 Å². The molecule has 2 aromatic carbocycles. The number of ether oxygens (including phenoxy) is 3. The van der Waals surface area contributed by atoms with Gasteiger partial charge in [-0.2, -0.15) is 0 Å². The first-order chi connectivity index (χ1) is 14.4. The minimum atomic E-state index is -3.82. The van der Waals surface area contributed by atoms with Crippen molar-refractivity contribution in [3.05, 3.63) is 53.6 Å². The Balaban J connectivity index is 1.68. The second-order valence-corrected chi connectivity index (χ2v) is 8.60. The molecule has 1 amide bonds. The van der Waals surface area contributed by atoms with Gasteiger partial charge in [-0.3, -0.25) is 4.79 Å². The monoisotopic (exact) mass is 434 g/mol. The lowest BCUT2D eigenvalue weighted by Crippen LogP contribution is -2.40. The Labute approximate surface area is 176 Å². The molecule has 9 heteroatoms. The number of methoxy groups -OCH3 is 1. The summed E-state index contributed by atoms with van der Waals surface area (Å²) in [6.45, 7) is 4.03.